The van der Waals surface area contributed by atoms with Gasteiger partial charge in [0.05, 0.1) is 12.1 Å². The summed E-state index contributed by atoms with van der Waals surface area (Å²) in [5.74, 6) is 2.78. The van der Waals surface area contributed by atoms with Crippen LogP contribution >= 0.6 is 0 Å². The molecule has 0 atom stereocenters. The zero-order valence-electron chi connectivity index (χ0n) is 25.0. The molecule has 0 radical (unpaired) electrons. The molecular formula is C37H31N3O5. The highest BCUT2D eigenvalue weighted by Gasteiger charge is 2.23. The largest absolute Gasteiger partial charge is 0.493 e. The number of hydrogen-bond donors (Lipinski definition) is 2. The number of ether oxygens (including phenoxy) is 2. The summed E-state index contributed by atoms with van der Waals surface area (Å²) >= 11 is 0. The molecule has 2 aromatic heterocycles. The molecule has 0 unspecified atom stereocenters. The highest BCUT2D eigenvalue weighted by Crippen LogP contribution is 2.36. The number of para-hydroxylation sites is 1. The number of nitrogens with zero attached hydrogens (tertiary/aromatic N) is 2. The second-order valence-corrected chi connectivity index (χ2v) is 10.8. The van der Waals surface area contributed by atoms with Crippen molar-refractivity contribution in [3.8, 4) is 35.0 Å². The molecule has 0 aliphatic rings. The summed E-state index contributed by atoms with van der Waals surface area (Å²) in [5.41, 5.74) is 5.74. The third-order valence-corrected chi connectivity index (χ3v) is 8.09. The number of terminal acetylenes is 1. The van der Waals surface area contributed by atoms with Crippen LogP contribution < -0.4 is 9.47 Å². The normalized spacial score (nSPS) is 11.0. The lowest BCUT2D eigenvalue weighted by molar-refractivity contribution is 0.0690. The molecule has 8 heteroatoms. The molecule has 0 fully saturated rings. The highest BCUT2D eigenvalue weighted by atomic mass is 16.5. The molecule has 6 rings (SSSR count). The number of hydrogen-bond acceptors (Lipinski definition) is 5. The number of carboxylic acids is 1. The van der Waals surface area contributed by atoms with E-state index in [9.17, 15) is 14.7 Å². The molecule has 6 aromatic rings. The molecule has 4 aromatic carbocycles. The first-order valence-corrected chi connectivity index (χ1v) is 14.6. The Morgan fingerprint density at radius 3 is 2.62 bits per heavy atom. The van der Waals surface area contributed by atoms with Crippen LogP contribution in [0, 0.1) is 19.3 Å². The van der Waals surface area contributed by atoms with Crippen LogP contribution in [0.1, 0.15) is 49.8 Å². The predicted octanol–water partition coefficient (Wildman–Crippen LogP) is 7.11. The first-order chi connectivity index (χ1) is 21.9. The number of H-pyrrole nitrogens is 1. The van der Waals surface area contributed by atoms with Crippen LogP contribution in [0.15, 0.2) is 78.9 Å². The minimum absolute atomic E-state index is 0.131. The molecule has 0 aliphatic heterocycles. The molecule has 45 heavy (non-hydrogen) atoms. The molecule has 0 saturated carbocycles. The van der Waals surface area contributed by atoms with Crippen molar-refractivity contribution < 1.29 is 24.2 Å². The number of aromatic nitrogens is 3. The maximum absolute atomic E-state index is 12.4. The van der Waals surface area contributed by atoms with Gasteiger partial charge in [0.15, 0.2) is 6.29 Å². The monoisotopic (exact) mass is 597 g/mol. The van der Waals surface area contributed by atoms with E-state index < -0.39 is 5.97 Å². The lowest BCUT2D eigenvalue weighted by atomic mass is 9.98. The minimum atomic E-state index is -1.02. The summed E-state index contributed by atoms with van der Waals surface area (Å²) in [7, 11) is 1.85. The Hall–Kier alpha value is -5.81. The van der Waals surface area contributed by atoms with Crippen molar-refractivity contribution in [3.05, 3.63) is 113 Å². The van der Waals surface area contributed by atoms with E-state index >= 15 is 0 Å². The first kappa shape index (κ1) is 29.3. The van der Waals surface area contributed by atoms with Gasteiger partial charge in [-0.3, -0.25) is 9.48 Å². The Labute approximate surface area is 260 Å². The number of fused-ring (bicyclic) bond motifs is 2. The molecule has 2 heterocycles. The maximum Gasteiger partial charge on any atom is 0.352 e. The second kappa shape index (κ2) is 12.4. The Kier molecular flexibility index (Phi) is 8.08. The molecule has 0 saturated heterocycles. The van der Waals surface area contributed by atoms with Crippen LogP contribution in [0.3, 0.4) is 0 Å². The van der Waals surface area contributed by atoms with Crippen LogP contribution in [0.2, 0.25) is 0 Å². The van der Waals surface area contributed by atoms with Crippen LogP contribution in [-0.2, 0) is 20.1 Å². The van der Waals surface area contributed by atoms with Gasteiger partial charge in [0, 0.05) is 45.8 Å². The predicted molar refractivity (Wildman–Crippen MR) is 174 cm³/mol. The topological polar surface area (TPSA) is 106 Å². The zero-order valence-corrected chi connectivity index (χ0v) is 25.0. The fourth-order valence-electron chi connectivity index (χ4n) is 5.82. The number of aldehydes is 1. The van der Waals surface area contributed by atoms with E-state index in [4.69, 9.17) is 21.0 Å². The molecule has 0 aliphatic carbocycles. The van der Waals surface area contributed by atoms with E-state index in [-0.39, 0.29) is 12.3 Å². The Bertz CT molecular complexity index is 2110. The highest BCUT2D eigenvalue weighted by molar-refractivity contribution is 6.03. The van der Waals surface area contributed by atoms with Crippen molar-refractivity contribution in [1.29, 1.82) is 0 Å². The number of rotatable bonds is 11. The first-order valence-electron chi connectivity index (χ1n) is 14.6. The van der Waals surface area contributed by atoms with Gasteiger partial charge in [-0.2, -0.15) is 5.10 Å². The number of carbonyl (C=O) groups is 2. The summed E-state index contributed by atoms with van der Waals surface area (Å²) < 4.78 is 14.0. The van der Waals surface area contributed by atoms with Gasteiger partial charge in [-0.15, -0.1) is 6.42 Å². The van der Waals surface area contributed by atoms with Crippen molar-refractivity contribution in [2.24, 2.45) is 7.05 Å². The van der Waals surface area contributed by atoms with Crippen molar-refractivity contribution in [1.82, 2.24) is 14.8 Å². The van der Waals surface area contributed by atoms with Crippen LogP contribution in [0.25, 0.3) is 32.8 Å². The standard InChI is InChI=1S/C37H31N3O5/c1-4-24-17-18-27(20-26(24)21-41)45-22-32-34(23(2)40(3)39-32)31-14-8-13-29-30(36(37(42)43)38-35(29)31)15-9-19-44-33-16-7-11-25-10-5-6-12-28(25)33/h1,5-8,10-14,16-18,20-21,38H,9,15,19,22H2,2-3H3,(H,42,43). The van der Waals surface area contributed by atoms with Crippen molar-refractivity contribution in [2.75, 3.05) is 6.61 Å². The smallest absolute Gasteiger partial charge is 0.352 e. The number of nitrogens with one attached hydrogen (secondary N) is 1. The van der Waals surface area contributed by atoms with E-state index in [1.54, 1.807) is 22.9 Å². The Morgan fingerprint density at radius 1 is 1.04 bits per heavy atom. The van der Waals surface area contributed by atoms with Crippen LogP contribution in [-0.4, -0.2) is 38.7 Å². The van der Waals surface area contributed by atoms with Gasteiger partial charge in [-0.1, -0.05) is 60.5 Å². The maximum atomic E-state index is 12.4. The molecule has 8 nitrogen and oxygen atoms in total. The second-order valence-electron chi connectivity index (χ2n) is 10.8. The van der Waals surface area contributed by atoms with Gasteiger partial charge in [-0.25, -0.2) is 4.79 Å². The van der Waals surface area contributed by atoms with Gasteiger partial charge in [0.1, 0.15) is 29.5 Å². The molecule has 2 N–H and O–H groups in total. The van der Waals surface area contributed by atoms with Crippen molar-refractivity contribution >= 4 is 33.9 Å². The van der Waals surface area contributed by atoms with Gasteiger partial charge in [0.25, 0.3) is 0 Å². The summed E-state index contributed by atoms with van der Waals surface area (Å²) in [6.07, 6.45) is 7.35. The Morgan fingerprint density at radius 2 is 1.82 bits per heavy atom. The number of aryl methyl sites for hydroxylation is 2. The summed E-state index contributed by atoms with van der Waals surface area (Å²) in [5, 5.41) is 17.8. The third kappa shape index (κ3) is 5.64. The number of aromatic amines is 1. The number of aromatic carboxylic acids is 1. The molecular weight excluding hydrogens is 566 g/mol. The average Bonchev–Trinajstić information content (AvgIpc) is 3.58. The minimum Gasteiger partial charge on any atom is -0.493 e. The lowest BCUT2D eigenvalue weighted by Crippen LogP contribution is -2.04. The number of carbonyl (C=O) groups excluding carboxylic acids is 1. The van der Waals surface area contributed by atoms with Crippen molar-refractivity contribution in [2.45, 2.75) is 26.4 Å². The SMILES string of the molecule is C#Cc1ccc(OCc2nn(C)c(C)c2-c2cccc3c(CCCOc4cccc5ccccc45)c(C(=O)O)[nH]c23)cc1C=O. The van der Waals surface area contributed by atoms with Crippen molar-refractivity contribution in [3.63, 3.8) is 0 Å². The molecule has 224 valence electrons. The van der Waals surface area contributed by atoms with Crippen LogP contribution in [0.5, 0.6) is 11.5 Å². The van der Waals surface area contributed by atoms with E-state index in [0.29, 0.717) is 48.3 Å². The average molecular weight is 598 g/mol. The number of benzene rings is 4. The summed E-state index contributed by atoms with van der Waals surface area (Å²) in [6, 6.07) is 24.9. The fraction of sp³-hybridized carbons (Fsp3) is 0.162. The summed E-state index contributed by atoms with van der Waals surface area (Å²) in [6.45, 7) is 2.53. The van der Waals surface area contributed by atoms with Gasteiger partial charge >= 0.3 is 5.97 Å². The summed E-state index contributed by atoms with van der Waals surface area (Å²) in [4.78, 5) is 27.1. The van der Waals surface area contributed by atoms with Gasteiger partial charge < -0.3 is 19.6 Å². The molecule has 0 amide bonds. The Balaban J connectivity index is 1.28. The van der Waals surface area contributed by atoms with Crippen LogP contribution in [0.4, 0.5) is 0 Å². The van der Waals surface area contributed by atoms with Gasteiger partial charge in [0.2, 0.25) is 0 Å². The molecule has 0 bridgehead atoms. The quantitative estimate of drug-likeness (QED) is 0.0937. The van der Waals surface area contributed by atoms with E-state index in [0.717, 1.165) is 49.8 Å². The van der Waals surface area contributed by atoms with E-state index in [1.165, 1.54) is 0 Å². The fourth-order valence-corrected chi connectivity index (χ4v) is 5.82. The van der Waals surface area contributed by atoms with E-state index in [1.807, 2.05) is 74.6 Å². The third-order valence-electron chi connectivity index (χ3n) is 8.09. The number of carboxylic acid groups (broad SMARTS) is 1. The lowest BCUT2D eigenvalue weighted by Gasteiger charge is -2.10. The molecule has 0 spiro atoms. The van der Waals surface area contributed by atoms with Gasteiger partial charge in [-0.05, 0) is 55.0 Å². The van der Waals surface area contributed by atoms with E-state index in [2.05, 4.69) is 10.9 Å². The zero-order chi connectivity index (χ0) is 31.5.